The van der Waals surface area contributed by atoms with Crippen molar-refractivity contribution in [2.75, 3.05) is 13.2 Å². The Hall–Kier alpha value is -2.78. The average molecular weight is 401 g/mol. The molecule has 0 spiro atoms. The number of hydrogen-bond acceptors (Lipinski definition) is 6. The fourth-order valence-electron chi connectivity index (χ4n) is 2.66. The Morgan fingerprint density at radius 1 is 1.14 bits per heavy atom. The van der Waals surface area contributed by atoms with Gasteiger partial charge in [-0.25, -0.2) is 28.1 Å². The summed E-state index contributed by atoms with van der Waals surface area (Å²) in [5, 5.41) is 0. The average Bonchev–Trinajstić information content (AvgIpc) is 3.16. The van der Waals surface area contributed by atoms with Gasteiger partial charge in [0.15, 0.2) is 11.6 Å². The predicted octanol–water partition coefficient (Wildman–Crippen LogP) is 2.42. The zero-order valence-corrected chi connectivity index (χ0v) is 16.7. The zero-order valence-electron chi connectivity index (χ0n) is 15.9. The Bertz CT molecular complexity index is 1020. The Labute approximate surface area is 164 Å². The molecular formula is C19H23N5O3S. The maximum Gasteiger partial charge on any atom is 0.240 e. The van der Waals surface area contributed by atoms with Gasteiger partial charge in [-0.3, -0.25) is 0 Å². The Kier molecular flexibility index (Phi) is 6.37. The molecule has 0 aliphatic carbocycles. The van der Waals surface area contributed by atoms with Crippen LogP contribution in [0.4, 0.5) is 0 Å². The Balaban J connectivity index is 1.65. The molecule has 0 saturated carbocycles. The third-order valence-electron chi connectivity index (χ3n) is 4.04. The van der Waals surface area contributed by atoms with Crippen LogP contribution in [0.5, 0.6) is 5.75 Å². The van der Waals surface area contributed by atoms with E-state index in [-0.39, 0.29) is 11.4 Å². The van der Waals surface area contributed by atoms with Gasteiger partial charge < -0.3 is 9.30 Å². The number of ether oxygens (including phenoxy) is 1. The summed E-state index contributed by atoms with van der Waals surface area (Å²) in [4.78, 5) is 12.8. The maximum atomic E-state index is 12.6. The highest BCUT2D eigenvalue weighted by Crippen LogP contribution is 2.22. The molecule has 0 bridgehead atoms. The van der Waals surface area contributed by atoms with Crippen LogP contribution in [-0.2, 0) is 16.6 Å². The van der Waals surface area contributed by atoms with E-state index in [1.54, 1.807) is 49.1 Å². The van der Waals surface area contributed by atoms with Gasteiger partial charge in [0.25, 0.3) is 0 Å². The molecule has 2 aromatic heterocycles. The van der Waals surface area contributed by atoms with Crippen LogP contribution in [-0.4, -0.2) is 41.1 Å². The number of nitrogens with one attached hydrogen (secondary N) is 1. The molecule has 2 heterocycles. The number of benzene rings is 1. The van der Waals surface area contributed by atoms with Crippen LogP contribution in [0.15, 0.2) is 53.9 Å². The quantitative estimate of drug-likeness (QED) is 0.591. The second-order valence-electron chi connectivity index (χ2n) is 6.19. The van der Waals surface area contributed by atoms with Crippen molar-refractivity contribution < 1.29 is 13.2 Å². The number of sulfonamides is 1. The highest BCUT2D eigenvalue weighted by atomic mass is 32.2. The topological polar surface area (TPSA) is 99.0 Å². The van der Waals surface area contributed by atoms with Gasteiger partial charge in [-0.1, -0.05) is 6.92 Å². The highest BCUT2D eigenvalue weighted by Gasteiger charge is 2.16. The number of aryl methyl sites for hydroxylation is 1. The Morgan fingerprint density at radius 2 is 1.93 bits per heavy atom. The monoisotopic (exact) mass is 401 g/mol. The van der Waals surface area contributed by atoms with Gasteiger partial charge in [0.05, 0.1) is 11.5 Å². The van der Waals surface area contributed by atoms with Gasteiger partial charge in [0.1, 0.15) is 5.75 Å². The molecule has 28 heavy (non-hydrogen) atoms. The van der Waals surface area contributed by atoms with E-state index < -0.39 is 10.0 Å². The van der Waals surface area contributed by atoms with Crippen LogP contribution in [0.25, 0.3) is 11.6 Å². The molecule has 1 N–H and O–H groups in total. The van der Waals surface area contributed by atoms with Crippen molar-refractivity contribution in [2.45, 2.75) is 31.7 Å². The van der Waals surface area contributed by atoms with E-state index in [1.165, 1.54) is 0 Å². The molecule has 0 unspecified atom stereocenters. The zero-order chi connectivity index (χ0) is 20.0. The van der Waals surface area contributed by atoms with Crippen LogP contribution in [0.1, 0.15) is 18.9 Å². The van der Waals surface area contributed by atoms with Crippen molar-refractivity contribution in [1.29, 1.82) is 0 Å². The van der Waals surface area contributed by atoms with Crippen molar-refractivity contribution in [1.82, 2.24) is 24.2 Å². The summed E-state index contributed by atoms with van der Waals surface area (Å²) >= 11 is 0. The first kappa shape index (κ1) is 20.0. The molecule has 0 atom stereocenters. The number of hydrogen-bond donors (Lipinski definition) is 1. The van der Waals surface area contributed by atoms with Gasteiger partial charge in [-0.05, 0) is 43.2 Å². The summed E-state index contributed by atoms with van der Waals surface area (Å²) in [7, 11) is -3.62. The standard InChI is InChI=1S/C19H23N5O3S/c1-3-13-27-17-6-5-16(14-15(17)2)28(25,26)23-10-12-24-11-9-22-19(24)18-20-7-4-8-21-18/h4-9,11,14,23H,3,10,12-13H2,1-2H3. The first-order valence-corrected chi connectivity index (χ1v) is 10.5. The molecule has 3 rings (SSSR count). The smallest absolute Gasteiger partial charge is 0.240 e. The maximum absolute atomic E-state index is 12.6. The van der Waals surface area contributed by atoms with E-state index in [9.17, 15) is 8.42 Å². The molecule has 0 fully saturated rings. The summed E-state index contributed by atoms with van der Waals surface area (Å²) in [6.07, 6.45) is 7.58. The van der Waals surface area contributed by atoms with E-state index in [1.807, 2.05) is 18.4 Å². The van der Waals surface area contributed by atoms with Crippen LogP contribution in [0.3, 0.4) is 0 Å². The SMILES string of the molecule is CCCOc1ccc(S(=O)(=O)NCCn2ccnc2-c2ncccn2)cc1C. The molecule has 0 aliphatic heterocycles. The largest absolute Gasteiger partial charge is 0.493 e. The van der Waals surface area contributed by atoms with Crippen molar-refractivity contribution >= 4 is 10.0 Å². The van der Waals surface area contributed by atoms with Crippen molar-refractivity contribution in [2.24, 2.45) is 0 Å². The minimum atomic E-state index is -3.62. The van der Waals surface area contributed by atoms with Crippen LogP contribution >= 0.6 is 0 Å². The van der Waals surface area contributed by atoms with E-state index in [2.05, 4.69) is 19.7 Å². The molecule has 1 aromatic carbocycles. The minimum Gasteiger partial charge on any atom is -0.493 e. The van der Waals surface area contributed by atoms with Gasteiger partial charge in [-0.15, -0.1) is 0 Å². The molecule has 3 aromatic rings. The predicted molar refractivity (Wildman–Crippen MR) is 105 cm³/mol. The van der Waals surface area contributed by atoms with E-state index in [0.717, 1.165) is 12.0 Å². The van der Waals surface area contributed by atoms with Crippen LogP contribution in [0, 0.1) is 6.92 Å². The fourth-order valence-corrected chi connectivity index (χ4v) is 3.76. The lowest BCUT2D eigenvalue weighted by Gasteiger charge is -2.12. The van der Waals surface area contributed by atoms with E-state index in [0.29, 0.717) is 30.5 Å². The number of imidazole rings is 1. The summed E-state index contributed by atoms with van der Waals surface area (Å²) in [5.74, 6) is 1.79. The molecule has 0 radical (unpaired) electrons. The first-order valence-electron chi connectivity index (χ1n) is 9.03. The summed E-state index contributed by atoms with van der Waals surface area (Å²) in [6, 6.07) is 6.60. The lowest BCUT2D eigenvalue weighted by molar-refractivity contribution is 0.315. The lowest BCUT2D eigenvalue weighted by atomic mass is 10.2. The van der Waals surface area contributed by atoms with Crippen LogP contribution in [0.2, 0.25) is 0 Å². The van der Waals surface area contributed by atoms with Crippen molar-refractivity contribution in [3.8, 4) is 17.4 Å². The first-order chi connectivity index (χ1) is 13.5. The molecule has 8 nitrogen and oxygen atoms in total. The number of nitrogens with zero attached hydrogens (tertiary/aromatic N) is 4. The minimum absolute atomic E-state index is 0.214. The summed E-state index contributed by atoms with van der Waals surface area (Å²) in [6.45, 7) is 5.08. The highest BCUT2D eigenvalue weighted by molar-refractivity contribution is 7.89. The molecule has 148 valence electrons. The van der Waals surface area contributed by atoms with Gasteiger partial charge in [0.2, 0.25) is 10.0 Å². The van der Waals surface area contributed by atoms with Crippen LogP contribution < -0.4 is 9.46 Å². The van der Waals surface area contributed by atoms with Gasteiger partial charge >= 0.3 is 0 Å². The number of aromatic nitrogens is 4. The summed E-state index contributed by atoms with van der Waals surface area (Å²) in [5.41, 5.74) is 0.787. The molecule has 0 saturated heterocycles. The third-order valence-corrected chi connectivity index (χ3v) is 5.50. The van der Waals surface area contributed by atoms with Gasteiger partial charge in [-0.2, -0.15) is 0 Å². The molecule has 9 heteroatoms. The van der Waals surface area contributed by atoms with E-state index in [4.69, 9.17) is 4.74 Å². The second-order valence-corrected chi connectivity index (χ2v) is 7.96. The second kappa shape index (κ2) is 8.94. The lowest BCUT2D eigenvalue weighted by Crippen LogP contribution is -2.27. The molecular weight excluding hydrogens is 378 g/mol. The fraction of sp³-hybridized carbons (Fsp3) is 0.316. The van der Waals surface area contributed by atoms with Gasteiger partial charge in [0, 0.05) is 37.9 Å². The Morgan fingerprint density at radius 3 is 2.64 bits per heavy atom. The number of rotatable bonds is 9. The summed E-state index contributed by atoms with van der Waals surface area (Å²) < 4.78 is 35.2. The third kappa shape index (κ3) is 4.73. The normalized spacial score (nSPS) is 11.5. The van der Waals surface area contributed by atoms with Crippen molar-refractivity contribution in [3.05, 3.63) is 54.6 Å². The van der Waals surface area contributed by atoms with E-state index >= 15 is 0 Å². The van der Waals surface area contributed by atoms with Crippen molar-refractivity contribution in [3.63, 3.8) is 0 Å². The molecule has 0 amide bonds. The molecule has 0 aliphatic rings.